The van der Waals surface area contributed by atoms with Gasteiger partial charge in [-0.1, -0.05) is 19.1 Å². The van der Waals surface area contributed by atoms with E-state index in [1.165, 1.54) is 11.1 Å². The van der Waals surface area contributed by atoms with Gasteiger partial charge in [-0.05, 0) is 38.0 Å². The van der Waals surface area contributed by atoms with Crippen LogP contribution in [0.3, 0.4) is 0 Å². The highest BCUT2D eigenvalue weighted by atomic mass is 15.1. The first kappa shape index (κ1) is 13.3. The number of nitrogens with one attached hydrogen (secondary N) is 1. The number of aryl methyl sites for hydroxylation is 2. The summed E-state index contributed by atoms with van der Waals surface area (Å²) in [5, 5.41) is 3.37. The van der Waals surface area contributed by atoms with Crippen LogP contribution in [0, 0.1) is 20.8 Å². The van der Waals surface area contributed by atoms with Crippen molar-refractivity contribution in [2.24, 2.45) is 0 Å². The van der Waals surface area contributed by atoms with E-state index in [0.717, 1.165) is 29.3 Å². The van der Waals surface area contributed by atoms with E-state index in [4.69, 9.17) is 5.73 Å². The molecule has 0 amide bonds. The highest BCUT2D eigenvalue weighted by molar-refractivity contribution is 5.66. The molecule has 3 N–H and O–H groups in total. The molecule has 0 aliphatic carbocycles. The molecule has 2 aromatic rings. The molecule has 0 aliphatic heterocycles. The van der Waals surface area contributed by atoms with Crippen LogP contribution < -0.4 is 11.1 Å². The third kappa shape index (κ3) is 2.67. The van der Waals surface area contributed by atoms with Crippen molar-refractivity contribution >= 4 is 17.3 Å². The third-order valence-electron chi connectivity index (χ3n) is 3.40. The molecule has 0 spiro atoms. The minimum Gasteiger partial charge on any atom is -0.383 e. The highest BCUT2D eigenvalue weighted by Crippen LogP contribution is 2.25. The zero-order chi connectivity index (χ0) is 14.0. The Morgan fingerprint density at radius 3 is 2.53 bits per heavy atom. The molecule has 0 atom stereocenters. The van der Waals surface area contributed by atoms with Crippen molar-refractivity contribution in [3.63, 3.8) is 0 Å². The summed E-state index contributed by atoms with van der Waals surface area (Å²) in [5.74, 6) is 2.09. The first-order chi connectivity index (χ1) is 9.02. The van der Waals surface area contributed by atoms with E-state index in [2.05, 4.69) is 35.2 Å². The average molecular weight is 256 g/mol. The van der Waals surface area contributed by atoms with Gasteiger partial charge in [-0.15, -0.1) is 0 Å². The van der Waals surface area contributed by atoms with Crippen LogP contribution in [-0.2, 0) is 6.42 Å². The molecule has 1 aromatic carbocycles. The van der Waals surface area contributed by atoms with E-state index in [1.54, 1.807) is 0 Å². The van der Waals surface area contributed by atoms with Crippen LogP contribution in [0.1, 0.15) is 29.4 Å². The monoisotopic (exact) mass is 256 g/mol. The summed E-state index contributed by atoms with van der Waals surface area (Å²) in [4.78, 5) is 8.78. The molecule has 19 heavy (non-hydrogen) atoms. The van der Waals surface area contributed by atoms with Crippen molar-refractivity contribution in [3.8, 4) is 0 Å². The largest absolute Gasteiger partial charge is 0.383 e. The van der Waals surface area contributed by atoms with Gasteiger partial charge in [0.2, 0.25) is 0 Å². The number of hydrogen-bond acceptors (Lipinski definition) is 4. The minimum absolute atomic E-state index is 0.541. The molecule has 1 heterocycles. The fourth-order valence-corrected chi connectivity index (χ4v) is 1.88. The number of rotatable bonds is 3. The van der Waals surface area contributed by atoms with Crippen molar-refractivity contribution in [3.05, 3.63) is 40.7 Å². The molecule has 100 valence electrons. The lowest BCUT2D eigenvalue weighted by molar-refractivity contribution is 0.939. The first-order valence-electron chi connectivity index (χ1n) is 6.49. The number of aromatic nitrogens is 2. The molecule has 0 bridgehead atoms. The molecular weight excluding hydrogens is 236 g/mol. The van der Waals surface area contributed by atoms with Gasteiger partial charge >= 0.3 is 0 Å². The molecule has 2 rings (SSSR count). The summed E-state index contributed by atoms with van der Waals surface area (Å²) in [5.41, 5.74) is 10.3. The molecule has 4 nitrogen and oxygen atoms in total. The summed E-state index contributed by atoms with van der Waals surface area (Å²) < 4.78 is 0. The van der Waals surface area contributed by atoms with Gasteiger partial charge in [-0.25, -0.2) is 9.97 Å². The Morgan fingerprint density at radius 1 is 1.11 bits per heavy atom. The summed E-state index contributed by atoms with van der Waals surface area (Å²) in [7, 11) is 0. The van der Waals surface area contributed by atoms with Crippen LogP contribution >= 0.6 is 0 Å². The predicted molar refractivity (Wildman–Crippen MR) is 79.8 cm³/mol. The molecule has 0 saturated heterocycles. The Labute approximate surface area is 114 Å². The van der Waals surface area contributed by atoms with Gasteiger partial charge < -0.3 is 11.1 Å². The van der Waals surface area contributed by atoms with E-state index in [0.29, 0.717) is 5.82 Å². The summed E-state index contributed by atoms with van der Waals surface area (Å²) in [6.45, 7) is 8.14. The predicted octanol–water partition coefficient (Wildman–Crippen LogP) is 3.29. The Morgan fingerprint density at radius 2 is 1.84 bits per heavy atom. The fraction of sp³-hybridized carbons (Fsp3) is 0.333. The first-order valence-corrected chi connectivity index (χ1v) is 6.49. The van der Waals surface area contributed by atoms with E-state index < -0.39 is 0 Å². The number of nitrogens with zero attached hydrogens (tertiary/aromatic N) is 2. The lowest BCUT2D eigenvalue weighted by Gasteiger charge is -2.14. The van der Waals surface area contributed by atoms with Crippen molar-refractivity contribution in [2.75, 3.05) is 11.1 Å². The van der Waals surface area contributed by atoms with Gasteiger partial charge in [-0.2, -0.15) is 0 Å². The molecule has 0 aliphatic rings. The minimum atomic E-state index is 0.541. The lowest BCUT2D eigenvalue weighted by Crippen LogP contribution is -2.07. The quantitative estimate of drug-likeness (QED) is 0.884. The molecule has 0 fully saturated rings. The van der Waals surface area contributed by atoms with Gasteiger partial charge in [0.1, 0.15) is 17.5 Å². The maximum Gasteiger partial charge on any atom is 0.139 e. The second kappa shape index (κ2) is 5.26. The maximum absolute atomic E-state index is 5.93. The lowest BCUT2D eigenvalue weighted by atomic mass is 10.1. The number of benzene rings is 1. The van der Waals surface area contributed by atoms with Crippen molar-refractivity contribution in [2.45, 2.75) is 34.1 Å². The standard InChI is InChI=1S/C15H20N4/c1-5-13-18-14(16)11(4)15(19-13)17-12-8-6-7-9(2)10(12)3/h6-8H,5H2,1-4H3,(H3,16,17,18,19). The Balaban J connectivity index is 2.43. The fourth-order valence-electron chi connectivity index (χ4n) is 1.88. The maximum atomic E-state index is 5.93. The molecule has 1 aromatic heterocycles. The number of nitrogens with two attached hydrogens (primary N) is 1. The zero-order valence-corrected chi connectivity index (χ0v) is 11.9. The summed E-state index contributed by atoms with van der Waals surface area (Å²) >= 11 is 0. The van der Waals surface area contributed by atoms with Crippen molar-refractivity contribution < 1.29 is 0 Å². The average Bonchev–Trinajstić information content (AvgIpc) is 2.39. The normalized spacial score (nSPS) is 10.5. The smallest absolute Gasteiger partial charge is 0.139 e. The third-order valence-corrected chi connectivity index (χ3v) is 3.40. The van der Waals surface area contributed by atoms with Crippen LogP contribution in [0.4, 0.5) is 17.3 Å². The van der Waals surface area contributed by atoms with Crippen LogP contribution in [-0.4, -0.2) is 9.97 Å². The van der Waals surface area contributed by atoms with Crippen LogP contribution in [0.5, 0.6) is 0 Å². The zero-order valence-electron chi connectivity index (χ0n) is 11.9. The molecule has 0 unspecified atom stereocenters. The van der Waals surface area contributed by atoms with Gasteiger partial charge in [0.25, 0.3) is 0 Å². The second-order valence-corrected chi connectivity index (χ2v) is 4.72. The number of hydrogen-bond donors (Lipinski definition) is 2. The van der Waals surface area contributed by atoms with E-state index in [9.17, 15) is 0 Å². The van der Waals surface area contributed by atoms with E-state index >= 15 is 0 Å². The highest BCUT2D eigenvalue weighted by Gasteiger charge is 2.09. The molecule has 4 heteroatoms. The van der Waals surface area contributed by atoms with E-state index in [-0.39, 0.29) is 0 Å². The SMILES string of the molecule is CCc1nc(N)c(C)c(Nc2cccc(C)c2C)n1. The summed E-state index contributed by atoms with van der Waals surface area (Å²) in [6.07, 6.45) is 0.770. The van der Waals surface area contributed by atoms with E-state index in [1.807, 2.05) is 26.0 Å². The Kier molecular flexibility index (Phi) is 3.69. The van der Waals surface area contributed by atoms with Gasteiger partial charge in [0.15, 0.2) is 0 Å². The van der Waals surface area contributed by atoms with Gasteiger partial charge in [0, 0.05) is 17.7 Å². The van der Waals surface area contributed by atoms with Crippen molar-refractivity contribution in [1.29, 1.82) is 0 Å². The second-order valence-electron chi connectivity index (χ2n) is 4.72. The van der Waals surface area contributed by atoms with Crippen LogP contribution in [0.2, 0.25) is 0 Å². The van der Waals surface area contributed by atoms with Gasteiger partial charge in [0.05, 0.1) is 0 Å². The Hall–Kier alpha value is -2.10. The van der Waals surface area contributed by atoms with Crippen LogP contribution in [0.15, 0.2) is 18.2 Å². The molecule has 0 radical (unpaired) electrons. The van der Waals surface area contributed by atoms with Gasteiger partial charge in [-0.3, -0.25) is 0 Å². The van der Waals surface area contributed by atoms with Crippen molar-refractivity contribution in [1.82, 2.24) is 9.97 Å². The Bertz CT molecular complexity index is 605. The topological polar surface area (TPSA) is 63.8 Å². The molecular formula is C15H20N4. The number of anilines is 3. The van der Waals surface area contributed by atoms with Crippen LogP contribution in [0.25, 0.3) is 0 Å². The molecule has 0 saturated carbocycles. The number of nitrogen functional groups attached to an aromatic ring is 1. The summed E-state index contributed by atoms with van der Waals surface area (Å²) in [6, 6.07) is 6.18.